The summed E-state index contributed by atoms with van der Waals surface area (Å²) in [4.78, 5) is -1.25. The van der Waals surface area contributed by atoms with E-state index in [1.54, 1.807) is 0 Å². The van der Waals surface area contributed by atoms with Gasteiger partial charge in [-0.3, -0.25) is 4.55 Å². The summed E-state index contributed by atoms with van der Waals surface area (Å²) in [5.74, 6) is 0. The molecule has 0 aliphatic heterocycles. The molecule has 0 bridgehead atoms. The van der Waals surface area contributed by atoms with Crippen molar-refractivity contribution in [2.75, 3.05) is 5.73 Å². The molecule has 0 aliphatic carbocycles. The van der Waals surface area contributed by atoms with Crippen LogP contribution in [0.15, 0.2) is 35.2 Å². The van der Waals surface area contributed by atoms with Gasteiger partial charge in [-0.05, 0) is 6.07 Å². The third-order valence-electron chi connectivity index (χ3n) is 3.54. The predicted octanol–water partition coefficient (Wildman–Crippen LogP) is 2.98. The van der Waals surface area contributed by atoms with E-state index in [2.05, 4.69) is 0 Å². The van der Waals surface area contributed by atoms with Crippen molar-refractivity contribution in [2.24, 2.45) is 0 Å². The van der Waals surface area contributed by atoms with Crippen molar-refractivity contribution in [2.45, 2.75) is 22.8 Å². The second-order valence-electron chi connectivity index (χ2n) is 5.06. The number of anilines is 1. The van der Waals surface area contributed by atoms with Crippen molar-refractivity contribution in [3.63, 3.8) is 0 Å². The molecule has 4 N–H and O–H groups in total. The van der Waals surface area contributed by atoms with E-state index < -0.39 is 55.0 Å². The summed E-state index contributed by atoms with van der Waals surface area (Å²) in [6.07, 6.45) is -12.5. The topological polar surface area (TPSA) is 101 Å². The van der Waals surface area contributed by atoms with Crippen molar-refractivity contribution in [1.82, 2.24) is 0 Å². The van der Waals surface area contributed by atoms with Gasteiger partial charge >= 0.3 is 12.4 Å². The Labute approximate surface area is 136 Å². The van der Waals surface area contributed by atoms with Crippen LogP contribution < -0.4 is 5.73 Å². The molecule has 0 atom stereocenters. The summed E-state index contributed by atoms with van der Waals surface area (Å²) in [5.41, 5.74) is -3.13. The molecule has 0 radical (unpaired) electrons. The third kappa shape index (κ3) is 2.89. The second kappa shape index (κ2) is 5.47. The molecule has 5 nitrogen and oxygen atoms in total. The molecule has 0 heterocycles. The lowest BCUT2D eigenvalue weighted by Crippen LogP contribution is -2.54. The zero-order valence-electron chi connectivity index (χ0n) is 11.9. The Morgan fingerprint density at radius 2 is 1.36 bits per heavy atom. The molecule has 0 saturated heterocycles. The molecule has 0 saturated carbocycles. The molecule has 0 aromatic heterocycles. The summed E-state index contributed by atoms with van der Waals surface area (Å²) in [5, 5.41) is 8.56. The molecule has 2 rings (SSSR count). The summed E-state index contributed by atoms with van der Waals surface area (Å²) >= 11 is 0. The second-order valence-corrected chi connectivity index (χ2v) is 6.45. The maximum Gasteiger partial charge on any atom is 0.430 e. The van der Waals surface area contributed by atoms with Gasteiger partial charge < -0.3 is 10.8 Å². The quantitative estimate of drug-likeness (QED) is 0.417. The van der Waals surface area contributed by atoms with Gasteiger partial charge in [0.15, 0.2) is 0 Å². The van der Waals surface area contributed by atoms with Crippen molar-refractivity contribution in [3.05, 3.63) is 35.9 Å². The molecule has 25 heavy (non-hydrogen) atoms. The molecule has 0 fully saturated rings. The molecule has 0 spiro atoms. The van der Waals surface area contributed by atoms with Crippen molar-refractivity contribution in [3.8, 4) is 0 Å². The van der Waals surface area contributed by atoms with Gasteiger partial charge in [-0.2, -0.15) is 34.8 Å². The minimum atomic E-state index is -6.27. The molecule has 0 aliphatic rings. The van der Waals surface area contributed by atoms with E-state index in [9.17, 15) is 39.9 Å². The fourth-order valence-electron chi connectivity index (χ4n) is 2.34. The van der Waals surface area contributed by atoms with E-state index in [0.29, 0.717) is 0 Å². The standard InChI is InChI=1S/C13H9F6NO4S/c14-12(15,16)11(21,13(17,18)19)8-5-9(25(22,23)24)6-3-1-2-4-7(6)10(8)20/h1-5,21H,20H2,(H,22,23,24). The first kappa shape index (κ1) is 19.3. The fourth-order valence-corrected chi connectivity index (χ4v) is 3.07. The number of hydrogen-bond acceptors (Lipinski definition) is 4. The molecule has 138 valence electrons. The first-order valence-corrected chi connectivity index (χ1v) is 7.71. The first-order valence-electron chi connectivity index (χ1n) is 6.27. The minimum Gasteiger partial charge on any atom is -0.398 e. The van der Waals surface area contributed by atoms with Gasteiger partial charge in [0.05, 0.1) is 0 Å². The minimum absolute atomic E-state index is 0.131. The van der Waals surface area contributed by atoms with Crippen LogP contribution >= 0.6 is 0 Å². The summed E-state index contributed by atoms with van der Waals surface area (Å²) in [6, 6.07) is 4.26. The van der Waals surface area contributed by atoms with E-state index in [4.69, 9.17) is 10.3 Å². The van der Waals surface area contributed by atoms with Gasteiger partial charge in [0.1, 0.15) is 4.90 Å². The van der Waals surface area contributed by atoms with E-state index >= 15 is 0 Å². The highest BCUT2D eigenvalue weighted by atomic mass is 32.2. The Hall–Kier alpha value is -2.05. The van der Waals surface area contributed by atoms with Crippen LogP contribution in [0.2, 0.25) is 0 Å². The van der Waals surface area contributed by atoms with Gasteiger partial charge in [0, 0.05) is 22.0 Å². The van der Waals surface area contributed by atoms with E-state index in [-0.39, 0.29) is 6.07 Å². The monoisotopic (exact) mass is 389 g/mol. The lowest BCUT2D eigenvalue weighted by Gasteiger charge is -2.34. The Balaban J connectivity index is 3.08. The first-order chi connectivity index (χ1) is 11.1. The van der Waals surface area contributed by atoms with Crippen LogP contribution in [0.3, 0.4) is 0 Å². The average Bonchev–Trinajstić information content (AvgIpc) is 2.43. The number of fused-ring (bicyclic) bond motifs is 1. The van der Waals surface area contributed by atoms with Crippen LogP contribution in [0.1, 0.15) is 5.56 Å². The maximum absolute atomic E-state index is 13.1. The number of nitrogens with two attached hydrogens (primary N) is 1. The van der Waals surface area contributed by atoms with Crippen LogP contribution in [-0.2, 0) is 15.7 Å². The average molecular weight is 389 g/mol. The molecular weight excluding hydrogens is 380 g/mol. The number of rotatable bonds is 2. The number of benzene rings is 2. The van der Waals surface area contributed by atoms with Crippen LogP contribution in [0.25, 0.3) is 10.8 Å². The SMILES string of the molecule is Nc1c(C(O)(C(F)(F)F)C(F)(F)F)cc(S(=O)(=O)O)c2ccccc12. The van der Waals surface area contributed by atoms with Crippen LogP contribution in [-0.4, -0.2) is 30.4 Å². The molecule has 2 aromatic carbocycles. The number of aliphatic hydroxyl groups is 1. The van der Waals surface area contributed by atoms with Gasteiger partial charge in [-0.25, -0.2) is 0 Å². The van der Waals surface area contributed by atoms with Crippen molar-refractivity contribution in [1.29, 1.82) is 0 Å². The number of halogens is 6. The van der Waals surface area contributed by atoms with E-state index in [1.165, 1.54) is 12.1 Å². The molecule has 0 unspecified atom stereocenters. The summed E-state index contributed by atoms with van der Waals surface area (Å²) < 4.78 is 110. The van der Waals surface area contributed by atoms with E-state index in [1.807, 2.05) is 0 Å². The van der Waals surface area contributed by atoms with Gasteiger partial charge in [-0.15, -0.1) is 0 Å². The highest BCUT2D eigenvalue weighted by Gasteiger charge is 2.72. The zero-order chi connectivity index (χ0) is 19.4. The Morgan fingerprint density at radius 3 is 1.76 bits per heavy atom. The molecular formula is C13H9F6NO4S. The fraction of sp³-hybridized carbons (Fsp3) is 0.231. The Kier molecular flexibility index (Phi) is 4.22. The zero-order valence-corrected chi connectivity index (χ0v) is 12.7. The highest BCUT2D eigenvalue weighted by Crippen LogP contribution is 2.53. The van der Waals surface area contributed by atoms with Crippen molar-refractivity contribution < 1.29 is 44.4 Å². The highest BCUT2D eigenvalue weighted by molar-refractivity contribution is 7.86. The molecule has 0 amide bonds. The molecule has 2 aromatic rings. The summed E-state index contributed by atoms with van der Waals surface area (Å²) in [7, 11) is -5.22. The third-order valence-corrected chi connectivity index (χ3v) is 4.43. The molecule has 12 heteroatoms. The van der Waals surface area contributed by atoms with Crippen LogP contribution in [0.5, 0.6) is 0 Å². The van der Waals surface area contributed by atoms with Gasteiger partial charge in [0.25, 0.3) is 15.7 Å². The number of nitrogen functional groups attached to an aromatic ring is 1. The van der Waals surface area contributed by atoms with E-state index in [0.717, 1.165) is 12.1 Å². The lowest BCUT2D eigenvalue weighted by atomic mass is 9.88. The predicted molar refractivity (Wildman–Crippen MR) is 74.2 cm³/mol. The van der Waals surface area contributed by atoms with Gasteiger partial charge in [0.2, 0.25) is 0 Å². The Bertz CT molecular complexity index is 922. The van der Waals surface area contributed by atoms with Crippen LogP contribution in [0.4, 0.5) is 32.0 Å². The lowest BCUT2D eigenvalue weighted by molar-refractivity contribution is -0.376. The maximum atomic E-state index is 13.1. The normalized spacial score (nSPS) is 14.1. The number of alkyl halides is 6. The van der Waals surface area contributed by atoms with Gasteiger partial charge in [-0.1, -0.05) is 24.3 Å². The summed E-state index contributed by atoms with van der Waals surface area (Å²) in [6.45, 7) is 0. The van der Waals surface area contributed by atoms with Crippen molar-refractivity contribution >= 4 is 26.6 Å². The van der Waals surface area contributed by atoms with Crippen LogP contribution in [0, 0.1) is 0 Å². The number of hydrogen-bond donors (Lipinski definition) is 3. The Morgan fingerprint density at radius 1 is 0.920 bits per heavy atom. The smallest absolute Gasteiger partial charge is 0.398 e. The largest absolute Gasteiger partial charge is 0.430 e.